The highest BCUT2D eigenvalue weighted by atomic mass is 35.5. The summed E-state index contributed by atoms with van der Waals surface area (Å²) in [5, 5.41) is 8.31. The van der Waals surface area contributed by atoms with Crippen LogP contribution in [0, 0.1) is 24.1 Å². The Morgan fingerprint density at radius 2 is 2.09 bits per heavy atom. The number of hydrogen-bond donors (Lipinski definition) is 2. The van der Waals surface area contributed by atoms with Crippen molar-refractivity contribution >= 4 is 27.5 Å². The van der Waals surface area contributed by atoms with E-state index in [1.165, 1.54) is 19.2 Å². The van der Waals surface area contributed by atoms with Gasteiger partial charge in [-0.05, 0) is 30.7 Å². The summed E-state index contributed by atoms with van der Waals surface area (Å²) in [5.41, 5.74) is 0.152. The Bertz CT molecular complexity index is 900. The van der Waals surface area contributed by atoms with Crippen LogP contribution in [0.25, 0.3) is 0 Å². The van der Waals surface area contributed by atoms with Gasteiger partial charge in [0.1, 0.15) is 22.5 Å². The molecular weight excluding hydrogens is 333 g/mol. The summed E-state index contributed by atoms with van der Waals surface area (Å²) in [5.74, 6) is -1.59. The summed E-state index contributed by atoms with van der Waals surface area (Å²) in [4.78, 5) is 14.0. The maximum absolute atomic E-state index is 13.3. The minimum atomic E-state index is -4.27. The number of aryl methyl sites for hydroxylation is 1. The number of nitrogens with zero attached hydrogens (tertiary/aromatic N) is 1. The van der Waals surface area contributed by atoms with E-state index >= 15 is 0 Å². The average Bonchev–Trinajstić information content (AvgIpc) is 2.91. The van der Waals surface area contributed by atoms with E-state index in [0.717, 1.165) is 12.1 Å². The van der Waals surface area contributed by atoms with Crippen LogP contribution < -0.4 is 4.72 Å². The molecule has 0 saturated heterocycles. The third-order valence-corrected chi connectivity index (χ3v) is 4.59. The molecule has 0 saturated carbocycles. The highest BCUT2D eigenvalue weighted by Crippen LogP contribution is 2.24. The van der Waals surface area contributed by atoms with E-state index in [2.05, 4.69) is 4.98 Å². The van der Waals surface area contributed by atoms with Gasteiger partial charge < -0.3 is 4.98 Å². The molecule has 0 bridgehead atoms. The molecule has 0 radical (unpaired) electrons. The maximum Gasteiger partial charge on any atom is 0.266 e. The second-order valence-electron chi connectivity index (χ2n) is 4.38. The fraction of sp³-hybridized carbons (Fsp3) is 0.0769. The molecule has 2 rings (SSSR count). The van der Waals surface area contributed by atoms with E-state index in [-0.39, 0.29) is 21.8 Å². The van der Waals surface area contributed by atoms with Crippen LogP contribution in [-0.4, -0.2) is 19.3 Å². The third-order valence-electron chi connectivity index (χ3n) is 2.80. The summed E-state index contributed by atoms with van der Waals surface area (Å²) >= 11 is 5.72. The van der Waals surface area contributed by atoms with E-state index < -0.39 is 26.6 Å². The van der Waals surface area contributed by atoms with Crippen LogP contribution in [0.4, 0.5) is 4.39 Å². The lowest BCUT2D eigenvalue weighted by Gasteiger charge is -2.09. The zero-order chi connectivity index (χ0) is 16.5. The van der Waals surface area contributed by atoms with E-state index in [9.17, 15) is 17.6 Å². The second-order valence-corrected chi connectivity index (χ2v) is 6.44. The summed E-state index contributed by atoms with van der Waals surface area (Å²) in [6.07, 6.45) is 1.20. The number of carbonyl (C=O) groups excluding carboxylic acids is 1. The van der Waals surface area contributed by atoms with Crippen LogP contribution in [-0.2, 0) is 10.0 Å². The van der Waals surface area contributed by atoms with E-state index in [1.54, 1.807) is 6.07 Å². The molecule has 0 unspecified atom stereocenters. The van der Waals surface area contributed by atoms with Crippen molar-refractivity contribution in [2.24, 2.45) is 0 Å². The van der Waals surface area contributed by atoms with Crippen LogP contribution in [0.5, 0.6) is 0 Å². The van der Waals surface area contributed by atoms with Gasteiger partial charge in [0.2, 0.25) is 0 Å². The minimum Gasteiger partial charge on any atom is -0.352 e. The van der Waals surface area contributed by atoms with Crippen molar-refractivity contribution in [3.05, 3.63) is 52.1 Å². The molecule has 0 aliphatic carbocycles. The first kappa shape index (κ1) is 16.0. The predicted octanol–water partition coefficient (Wildman–Crippen LogP) is 2.11. The number of rotatable bonds is 3. The molecular formula is C13H9ClFN3O3S. The van der Waals surface area contributed by atoms with Gasteiger partial charge in [-0.2, -0.15) is 5.26 Å². The highest BCUT2D eigenvalue weighted by Gasteiger charge is 2.23. The standard InChI is InChI=1S/C13H9ClFN3O3S/c1-7-2-12(10(14)4-11(7)15)22(20,21)18-13(19)8-3-9(5-16)17-6-8/h2-4,6,17H,1H3,(H,18,19). The van der Waals surface area contributed by atoms with Crippen molar-refractivity contribution in [2.45, 2.75) is 11.8 Å². The monoisotopic (exact) mass is 341 g/mol. The lowest BCUT2D eigenvalue weighted by atomic mass is 10.2. The number of carbonyl (C=O) groups is 1. The first-order valence-electron chi connectivity index (χ1n) is 5.86. The van der Waals surface area contributed by atoms with Crippen molar-refractivity contribution in [3.63, 3.8) is 0 Å². The number of benzene rings is 1. The largest absolute Gasteiger partial charge is 0.352 e. The first-order chi connectivity index (χ1) is 10.2. The Labute approximate surface area is 130 Å². The summed E-state index contributed by atoms with van der Waals surface area (Å²) in [7, 11) is -4.27. The number of aromatic nitrogens is 1. The fourth-order valence-electron chi connectivity index (χ4n) is 1.66. The zero-order valence-electron chi connectivity index (χ0n) is 11.1. The average molecular weight is 342 g/mol. The Balaban J connectivity index is 2.34. The molecule has 0 fully saturated rings. The minimum absolute atomic E-state index is 0.0323. The molecule has 6 nitrogen and oxygen atoms in total. The topological polar surface area (TPSA) is 103 Å². The summed E-state index contributed by atoms with van der Waals surface area (Å²) < 4.78 is 39.5. The normalized spacial score (nSPS) is 11.0. The number of amides is 1. The molecule has 0 aliphatic rings. The van der Waals surface area contributed by atoms with Crippen LogP contribution in [0.3, 0.4) is 0 Å². The molecule has 1 heterocycles. The number of sulfonamides is 1. The van der Waals surface area contributed by atoms with Crippen molar-refractivity contribution in [2.75, 3.05) is 0 Å². The van der Waals surface area contributed by atoms with Gasteiger partial charge in [-0.25, -0.2) is 17.5 Å². The number of hydrogen-bond acceptors (Lipinski definition) is 4. The van der Waals surface area contributed by atoms with Gasteiger partial charge in [0, 0.05) is 6.20 Å². The lowest BCUT2D eigenvalue weighted by Crippen LogP contribution is -2.30. The highest BCUT2D eigenvalue weighted by molar-refractivity contribution is 7.90. The number of nitrogens with one attached hydrogen (secondary N) is 2. The third kappa shape index (κ3) is 3.10. The SMILES string of the molecule is Cc1cc(S(=O)(=O)NC(=O)c2c[nH]c(C#N)c2)c(Cl)cc1F. The molecule has 0 atom stereocenters. The van der Waals surface area contributed by atoms with Gasteiger partial charge in [0.15, 0.2) is 0 Å². The van der Waals surface area contributed by atoms with Crippen LogP contribution in [0.15, 0.2) is 29.3 Å². The molecule has 1 aromatic carbocycles. The van der Waals surface area contributed by atoms with Crippen molar-refractivity contribution < 1.29 is 17.6 Å². The van der Waals surface area contributed by atoms with E-state index in [0.29, 0.717) is 0 Å². The Morgan fingerprint density at radius 3 is 2.68 bits per heavy atom. The summed E-state index contributed by atoms with van der Waals surface area (Å²) in [6.45, 7) is 1.37. The van der Waals surface area contributed by atoms with Crippen LogP contribution in [0.2, 0.25) is 5.02 Å². The molecule has 2 aromatic rings. The number of nitriles is 1. The van der Waals surface area contributed by atoms with Crippen LogP contribution in [0.1, 0.15) is 21.6 Å². The van der Waals surface area contributed by atoms with Gasteiger partial charge in [-0.3, -0.25) is 4.79 Å². The van der Waals surface area contributed by atoms with Gasteiger partial charge in [-0.15, -0.1) is 0 Å². The molecule has 9 heteroatoms. The maximum atomic E-state index is 13.3. The van der Waals surface area contributed by atoms with Crippen molar-refractivity contribution in [3.8, 4) is 6.07 Å². The number of halogens is 2. The second kappa shape index (κ2) is 5.79. The zero-order valence-corrected chi connectivity index (χ0v) is 12.7. The first-order valence-corrected chi connectivity index (χ1v) is 7.72. The fourth-order valence-corrected chi connectivity index (χ4v) is 3.24. The predicted molar refractivity (Wildman–Crippen MR) is 76.3 cm³/mol. The van der Waals surface area contributed by atoms with Crippen LogP contribution >= 0.6 is 11.6 Å². The number of aromatic amines is 1. The van der Waals surface area contributed by atoms with Gasteiger partial charge in [0.25, 0.3) is 15.9 Å². The number of H-pyrrole nitrogens is 1. The Morgan fingerprint density at radius 1 is 1.41 bits per heavy atom. The van der Waals surface area contributed by atoms with E-state index in [1.807, 2.05) is 4.72 Å². The molecule has 0 spiro atoms. The van der Waals surface area contributed by atoms with Gasteiger partial charge >= 0.3 is 0 Å². The molecule has 1 aromatic heterocycles. The lowest BCUT2D eigenvalue weighted by molar-refractivity contribution is 0.0981. The Kier molecular flexibility index (Phi) is 4.21. The molecule has 1 amide bonds. The molecule has 0 aliphatic heterocycles. The Hall–Kier alpha value is -2.37. The smallest absolute Gasteiger partial charge is 0.266 e. The van der Waals surface area contributed by atoms with Crippen molar-refractivity contribution in [1.82, 2.24) is 9.71 Å². The molecule has 22 heavy (non-hydrogen) atoms. The summed E-state index contributed by atoms with van der Waals surface area (Å²) in [6, 6.07) is 4.86. The van der Waals surface area contributed by atoms with Gasteiger partial charge in [0.05, 0.1) is 10.6 Å². The van der Waals surface area contributed by atoms with Gasteiger partial charge in [-0.1, -0.05) is 11.6 Å². The molecule has 114 valence electrons. The quantitative estimate of drug-likeness (QED) is 0.892. The molecule has 2 N–H and O–H groups in total. The van der Waals surface area contributed by atoms with Crippen molar-refractivity contribution in [1.29, 1.82) is 5.26 Å². The van der Waals surface area contributed by atoms with E-state index in [4.69, 9.17) is 16.9 Å².